The maximum Gasteiger partial charge on any atom is 0.377 e. The molecule has 0 aromatic heterocycles. The van der Waals surface area contributed by atoms with Gasteiger partial charge in [-0.15, -0.1) is 0 Å². The Balaban J connectivity index is 1.70. The van der Waals surface area contributed by atoms with E-state index < -0.39 is 60.8 Å². The second kappa shape index (κ2) is 13.5. The van der Waals surface area contributed by atoms with Crippen LogP contribution in [0.4, 0.5) is 0 Å². The van der Waals surface area contributed by atoms with Crippen molar-refractivity contribution < 1.29 is 48.7 Å². The minimum atomic E-state index is -3.06. The molecule has 0 bridgehead atoms. The van der Waals surface area contributed by atoms with Crippen LogP contribution in [0.3, 0.4) is 0 Å². The van der Waals surface area contributed by atoms with Gasteiger partial charge in [0.1, 0.15) is 12.3 Å². The summed E-state index contributed by atoms with van der Waals surface area (Å²) in [5, 5.41) is 28.6. The van der Waals surface area contributed by atoms with Gasteiger partial charge in [-0.1, -0.05) is 72.8 Å². The van der Waals surface area contributed by atoms with E-state index in [0.29, 0.717) is 18.6 Å². The normalized spacial score (nSPS) is 17.0. The predicted molar refractivity (Wildman–Crippen MR) is 154 cm³/mol. The molecule has 0 spiro atoms. The van der Waals surface area contributed by atoms with Crippen molar-refractivity contribution in [1.82, 2.24) is 4.90 Å². The topological polar surface area (TPSA) is 160 Å². The third kappa shape index (κ3) is 6.85. The zero-order valence-electron chi connectivity index (χ0n) is 23.7. The van der Waals surface area contributed by atoms with Crippen LogP contribution < -0.4 is 4.74 Å². The number of aliphatic carboxylic acids is 3. The molecular weight excluding hydrogens is 558 g/mol. The van der Waals surface area contributed by atoms with E-state index >= 15 is 0 Å². The van der Waals surface area contributed by atoms with Crippen molar-refractivity contribution in [2.45, 2.75) is 43.6 Å². The first-order valence-electron chi connectivity index (χ1n) is 13.7. The number of carboxylic acid groups (broad SMARTS) is 3. The third-order valence-electron chi connectivity index (χ3n) is 7.57. The Morgan fingerprint density at radius 2 is 1.58 bits per heavy atom. The quantitative estimate of drug-likeness (QED) is 0.250. The number of methoxy groups -OCH3 is 1. The molecule has 1 aliphatic heterocycles. The first-order chi connectivity index (χ1) is 20.6. The lowest BCUT2D eigenvalue weighted by Crippen LogP contribution is -2.52. The number of carboxylic acids is 3. The maximum absolute atomic E-state index is 13.7. The van der Waals surface area contributed by atoms with Crippen LogP contribution in [0.1, 0.15) is 30.4 Å². The fourth-order valence-corrected chi connectivity index (χ4v) is 5.32. The summed E-state index contributed by atoms with van der Waals surface area (Å²) in [5.74, 6) is -8.94. The zero-order chi connectivity index (χ0) is 31.1. The number of carbonyl (C=O) groups excluding carboxylic acids is 1. The van der Waals surface area contributed by atoms with E-state index in [1.54, 1.807) is 14.0 Å². The number of rotatable bonds is 13. The van der Waals surface area contributed by atoms with Crippen LogP contribution in [-0.2, 0) is 35.1 Å². The van der Waals surface area contributed by atoms with Gasteiger partial charge in [-0.25, -0.2) is 9.59 Å². The Morgan fingerprint density at radius 3 is 2.14 bits per heavy atom. The molecule has 3 aromatic rings. The Morgan fingerprint density at radius 1 is 0.953 bits per heavy atom. The van der Waals surface area contributed by atoms with Crippen LogP contribution in [0, 0.1) is 0 Å². The summed E-state index contributed by atoms with van der Waals surface area (Å²) in [5.41, 5.74) is 3.64. The molecular formula is C32H33NO10. The summed E-state index contributed by atoms with van der Waals surface area (Å²) in [6.07, 6.45) is -0.518. The van der Waals surface area contributed by atoms with E-state index in [1.165, 1.54) is 0 Å². The largest absolute Gasteiger partial charge is 0.496 e. The number of ether oxygens (including phenoxy) is 3. The van der Waals surface area contributed by atoms with Crippen LogP contribution in [0.5, 0.6) is 5.75 Å². The van der Waals surface area contributed by atoms with Gasteiger partial charge in [-0.2, -0.15) is 0 Å². The molecule has 3 N–H and O–H groups in total. The molecule has 1 aliphatic rings. The Bertz CT molecular complexity index is 1450. The summed E-state index contributed by atoms with van der Waals surface area (Å²) in [7, 11) is 1.56. The van der Waals surface area contributed by atoms with Crippen LogP contribution in [0.25, 0.3) is 11.1 Å². The molecule has 0 aliphatic carbocycles. The average molecular weight is 592 g/mol. The number of aryl methyl sites for hydroxylation is 1. The SMILES string of the molecule is COc1cc(C(CCc2ccccc2)C(C)N(CC(=O)O)C(=O)C2COC(C(=O)O)(C(=O)O)O2)ccc1-c1ccccc1. The van der Waals surface area contributed by atoms with Gasteiger partial charge >= 0.3 is 23.7 Å². The van der Waals surface area contributed by atoms with Gasteiger partial charge in [0.05, 0.1) is 13.7 Å². The minimum Gasteiger partial charge on any atom is -0.496 e. The molecule has 11 heteroatoms. The molecule has 43 heavy (non-hydrogen) atoms. The average Bonchev–Trinajstić information content (AvgIpc) is 3.48. The van der Waals surface area contributed by atoms with Crippen molar-refractivity contribution in [1.29, 1.82) is 0 Å². The van der Waals surface area contributed by atoms with Gasteiger partial charge in [-0.05, 0) is 42.5 Å². The Kier molecular flexibility index (Phi) is 9.79. The molecule has 3 atom stereocenters. The number of nitrogens with zero attached hydrogens (tertiary/aromatic N) is 1. The minimum absolute atomic E-state index is 0.409. The molecule has 4 rings (SSSR count). The number of hydrogen-bond donors (Lipinski definition) is 3. The fourth-order valence-electron chi connectivity index (χ4n) is 5.32. The summed E-state index contributed by atoms with van der Waals surface area (Å²) >= 11 is 0. The molecule has 0 saturated carbocycles. The third-order valence-corrected chi connectivity index (χ3v) is 7.57. The smallest absolute Gasteiger partial charge is 0.377 e. The van der Waals surface area contributed by atoms with Crippen molar-refractivity contribution in [3.8, 4) is 16.9 Å². The fraction of sp³-hybridized carbons (Fsp3) is 0.312. The van der Waals surface area contributed by atoms with E-state index in [4.69, 9.17) is 14.2 Å². The molecule has 3 unspecified atom stereocenters. The van der Waals surface area contributed by atoms with Gasteiger partial charge in [0.2, 0.25) is 0 Å². The van der Waals surface area contributed by atoms with Crippen molar-refractivity contribution in [3.05, 3.63) is 90.0 Å². The van der Waals surface area contributed by atoms with Gasteiger partial charge in [0, 0.05) is 17.5 Å². The van der Waals surface area contributed by atoms with E-state index in [9.17, 15) is 34.5 Å². The molecule has 3 aromatic carbocycles. The number of benzene rings is 3. The van der Waals surface area contributed by atoms with Crippen molar-refractivity contribution in [3.63, 3.8) is 0 Å². The van der Waals surface area contributed by atoms with Crippen LogP contribution >= 0.6 is 0 Å². The number of amides is 1. The van der Waals surface area contributed by atoms with Crippen molar-refractivity contribution in [2.75, 3.05) is 20.3 Å². The van der Waals surface area contributed by atoms with E-state index in [1.807, 2.05) is 78.9 Å². The maximum atomic E-state index is 13.7. The summed E-state index contributed by atoms with van der Waals surface area (Å²) in [6, 6.07) is 24.3. The highest BCUT2D eigenvalue weighted by Gasteiger charge is 2.58. The molecule has 226 valence electrons. The van der Waals surface area contributed by atoms with E-state index in [0.717, 1.165) is 27.2 Å². The van der Waals surface area contributed by atoms with Crippen LogP contribution in [0.2, 0.25) is 0 Å². The second-order valence-electron chi connectivity index (χ2n) is 10.2. The summed E-state index contributed by atoms with van der Waals surface area (Å²) in [4.78, 5) is 50.0. The first kappa shape index (κ1) is 31.2. The number of hydrogen-bond acceptors (Lipinski definition) is 7. The monoisotopic (exact) mass is 591 g/mol. The van der Waals surface area contributed by atoms with E-state index in [-0.39, 0.29) is 0 Å². The standard InChI is InChI=1S/C32H33NO10/c1-20(33(18-28(34)35)29(36)27-19-42-32(43-27,30(37)38)31(39)40)24(15-13-21-9-5-3-6-10-21)23-14-16-25(26(17-23)41-2)22-11-7-4-8-12-22/h3-12,14,16-17,20,24,27H,13,15,18-19H2,1-2H3,(H,34,35)(H,37,38)(H,39,40). The second-order valence-corrected chi connectivity index (χ2v) is 10.2. The lowest BCUT2D eigenvalue weighted by atomic mass is 9.85. The molecule has 11 nitrogen and oxygen atoms in total. The lowest BCUT2D eigenvalue weighted by molar-refractivity contribution is -0.218. The van der Waals surface area contributed by atoms with Crippen molar-refractivity contribution >= 4 is 23.8 Å². The Hall–Kier alpha value is -4.74. The zero-order valence-corrected chi connectivity index (χ0v) is 23.7. The highest BCUT2D eigenvalue weighted by Crippen LogP contribution is 2.37. The summed E-state index contributed by atoms with van der Waals surface area (Å²) < 4.78 is 15.8. The van der Waals surface area contributed by atoms with Gasteiger partial charge in [0.15, 0.2) is 6.10 Å². The lowest BCUT2D eigenvalue weighted by Gasteiger charge is -2.35. The predicted octanol–water partition coefficient (Wildman–Crippen LogP) is 3.66. The van der Waals surface area contributed by atoms with Gasteiger partial charge in [-0.3, -0.25) is 9.59 Å². The first-order valence-corrected chi connectivity index (χ1v) is 13.7. The molecule has 1 amide bonds. The van der Waals surface area contributed by atoms with Crippen molar-refractivity contribution in [2.24, 2.45) is 0 Å². The highest BCUT2D eigenvalue weighted by atomic mass is 16.8. The Labute approximate surface area is 248 Å². The molecule has 0 radical (unpaired) electrons. The molecule has 1 saturated heterocycles. The summed E-state index contributed by atoms with van der Waals surface area (Å²) in [6.45, 7) is 0.300. The van der Waals surface area contributed by atoms with Gasteiger partial charge < -0.3 is 34.4 Å². The number of carbonyl (C=O) groups is 4. The molecule has 1 heterocycles. The van der Waals surface area contributed by atoms with Crippen LogP contribution in [-0.4, -0.2) is 82.2 Å². The molecule has 1 fully saturated rings. The highest BCUT2D eigenvalue weighted by molar-refractivity contribution is 6.01. The van der Waals surface area contributed by atoms with Gasteiger partial charge in [0.25, 0.3) is 5.91 Å². The van der Waals surface area contributed by atoms with E-state index in [2.05, 4.69) is 0 Å². The van der Waals surface area contributed by atoms with Crippen LogP contribution in [0.15, 0.2) is 78.9 Å².